The summed E-state index contributed by atoms with van der Waals surface area (Å²) in [5.74, 6) is -0.0253. The molecule has 2 N–H and O–H groups in total. The van der Waals surface area contributed by atoms with Crippen LogP contribution in [-0.4, -0.2) is 29.7 Å². The van der Waals surface area contributed by atoms with E-state index in [2.05, 4.69) is 23.3 Å². The molecule has 2 atom stereocenters. The monoisotopic (exact) mass is 202 g/mol. The summed E-state index contributed by atoms with van der Waals surface area (Å²) < 4.78 is 0. The highest BCUT2D eigenvalue weighted by molar-refractivity contribution is 7.81. The van der Waals surface area contributed by atoms with Crippen molar-refractivity contribution < 1.29 is 9.59 Å². The predicted molar refractivity (Wildman–Crippen MR) is 52.6 cm³/mol. The first-order valence-electron chi connectivity index (χ1n) is 4.34. The summed E-state index contributed by atoms with van der Waals surface area (Å²) in [4.78, 5) is 21.9. The molecule has 5 heteroatoms. The third kappa shape index (κ3) is 3.26. The normalized spacial score (nSPS) is 23.8. The van der Waals surface area contributed by atoms with Crippen molar-refractivity contribution in [3.63, 3.8) is 0 Å². The Balaban J connectivity index is 2.19. The fourth-order valence-electron chi connectivity index (χ4n) is 1.20. The minimum Gasteiger partial charge on any atom is -0.353 e. The van der Waals surface area contributed by atoms with Crippen LogP contribution in [0.1, 0.15) is 19.8 Å². The van der Waals surface area contributed by atoms with Crippen molar-refractivity contribution >= 4 is 24.4 Å². The van der Waals surface area contributed by atoms with E-state index in [1.165, 1.54) is 0 Å². The van der Waals surface area contributed by atoms with Crippen LogP contribution in [0.3, 0.4) is 0 Å². The summed E-state index contributed by atoms with van der Waals surface area (Å²) in [5.41, 5.74) is 0. The Kier molecular flexibility index (Phi) is 3.59. The van der Waals surface area contributed by atoms with Gasteiger partial charge in [0.2, 0.25) is 11.8 Å². The zero-order valence-corrected chi connectivity index (χ0v) is 8.43. The molecule has 13 heavy (non-hydrogen) atoms. The molecule has 4 nitrogen and oxygen atoms in total. The molecule has 1 aliphatic rings. The van der Waals surface area contributed by atoms with Gasteiger partial charge < -0.3 is 10.6 Å². The van der Waals surface area contributed by atoms with Crippen LogP contribution >= 0.6 is 12.6 Å². The Morgan fingerprint density at radius 1 is 1.85 bits per heavy atom. The fraction of sp³-hybridized carbons (Fsp3) is 0.750. The van der Waals surface area contributed by atoms with Crippen molar-refractivity contribution in [2.75, 3.05) is 6.54 Å². The number of thiol groups is 1. The van der Waals surface area contributed by atoms with Crippen molar-refractivity contribution in [2.45, 2.75) is 31.1 Å². The van der Waals surface area contributed by atoms with E-state index >= 15 is 0 Å². The van der Waals surface area contributed by atoms with E-state index in [-0.39, 0.29) is 23.1 Å². The summed E-state index contributed by atoms with van der Waals surface area (Å²) >= 11 is 3.99. The van der Waals surface area contributed by atoms with E-state index < -0.39 is 0 Å². The molecule has 2 unspecified atom stereocenters. The number of amides is 2. The van der Waals surface area contributed by atoms with Gasteiger partial charge in [-0.05, 0) is 13.3 Å². The van der Waals surface area contributed by atoms with Gasteiger partial charge in [0, 0.05) is 19.0 Å². The van der Waals surface area contributed by atoms with E-state index in [9.17, 15) is 9.59 Å². The third-order valence-corrected chi connectivity index (χ3v) is 2.22. The Hall–Kier alpha value is -0.710. The van der Waals surface area contributed by atoms with E-state index in [1.54, 1.807) is 6.92 Å². The molecule has 1 heterocycles. The van der Waals surface area contributed by atoms with Crippen molar-refractivity contribution in [1.82, 2.24) is 10.6 Å². The molecule has 1 fully saturated rings. The number of rotatable bonds is 3. The smallest absolute Gasteiger partial charge is 0.232 e. The molecule has 0 aromatic rings. The summed E-state index contributed by atoms with van der Waals surface area (Å²) in [5, 5.41) is 5.19. The summed E-state index contributed by atoms with van der Waals surface area (Å²) in [6, 6.07) is 0.100. The summed E-state index contributed by atoms with van der Waals surface area (Å²) in [7, 11) is 0. The van der Waals surface area contributed by atoms with Crippen molar-refractivity contribution in [3.8, 4) is 0 Å². The van der Waals surface area contributed by atoms with Crippen LogP contribution in [0.4, 0.5) is 0 Å². The van der Waals surface area contributed by atoms with E-state index in [0.29, 0.717) is 13.0 Å². The second-order valence-electron chi connectivity index (χ2n) is 3.22. The van der Waals surface area contributed by atoms with Gasteiger partial charge in [0.25, 0.3) is 0 Å². The zero-order valence-electron chi connectivity index (χ0n) is 7.54. The summed E-state index contributed by atoms with van der Waals surface area (Å²) in [6.45, 7) is 2.22. The molecule has 1 rings (SSSR count). The predicted octanol–water partition coefficient (Wildman–Crippen LogP) is -0.301. The average Bonchev–Trinajstić information content (AvgIpc) is 2.47. The maximum absolute atomic E-state index is 11.1. The van der Waals surface area contributed by atoms with Crippen LogP contribution in [-0.2, 0) is 9.59 Å². The zero-order chi connectivity index (χ0) is 9.84. The van der Waals surface area contributed by atoms with E-state index in [0.717, 1.165) is 6.42 Å². The number of hydrogen-bond donors (Lipinski definition) is 3. The molecule has 0 spiro atoms. The van der Waals surface area contributed by atoms with Crippen LogP contribution in [0.2, 0.25) is 0 Å². The lowest BCUT2D eigenvalue weighted by Gasteiger charge is -2.12. The third-order valence-electron chi connectivity index (χ3n) is 1.99. The van der Waals surface area contributed by atoms with Crippen LogP contribution in [0.5, 0.6) is 0 Å². The lowest BCUT2D eigenvalue weighted by atomic mass is 10.2. The van der Waals surface area contributed by atoms with Gasteiger partial charge in [-0.15, -0.1) is 0 Å². The maximum Gasteiger partial charge on any atom is 0.232 e. The first kappa shape index (κ1) is 10.4. The van der Waals surface area contributed by atoms with Gasteiger partial charge in [-0.1, -0.05) is 0 Å². The molecular formula is C8H14N2O2S. The van der Waals surface area contributed by atoms with Gasteiger partial charge in [0.1, 0.15) is 0 Å². The Bertz CT molecular complexity index is 218. The molecule has 1 aliphatic heterocycles. The van der Waals surface area contributed by atoms with Crippen LogP contribution < -0.4 is 10.6 Å². The van der Waals surface area contributed by atoms with Crippen molar-refractivity contribution in [2.24, 2.45) is 0 Å². The summed E-state index contributed by atoms with van der Waals surface area (Å²) in [6.07, 6.45) is 1.37. The van der Waals surface area contributed by atoms with Gasteiger partial charge in [-0.3, -0.25) is 9.59 Å². The average molecular weight is 202 g/mol. The molecule has 0 aromatic heterocycles. The molecule has 0 radical (unpaired) electrons. The van der Waals surface area contributed by atoms with Crippen LogP contribution in [0, 0.1) is 0 Å². The van der Waals surface area contributed by atoms with Crippen molar-refractivity contribution in [3.05, 3.63) is 0 Å². The molecule has 0 saturated carbocycles. The highest BCUT2D eigenvalue weighted by Crippen LogP contribution is 2.05. The topological polar surface area (TPSA) is 58.2 Å². The van der Waals surface area contributed by atoms with E-state index in [1.807, 2.05) is 0 Å². The number of carbonyl (C=O) groups excluding carboxylic acids is 2. The Labute approximate surface area is 82.9 Å². The van der Waals surface area contributed by atoms with Crippen LogP contribution in [0.15, 0.2) is 0 Å². The number of nitrogens with one attached hydrogen (secondary N) is 2. The molecule has 2 amide bonds. The van der Waals surface area contributed by atoms with Crippen molar-refractivity contribution in [1.29, 1.82) is 0 Å². The quantitative estimate of drug-likeness (QED) is 0.550. The van der Waals surface area contributed by atoms with Gasteiger partial charge in [-0.2, -0.15) is 12.6 Å². The first-order chi connectivity index (χ1) is 6.09. The standard InChI is InChI=1S/C8H14N2O2S/c1-5(13)8(12)9-4-6-2-3-7(11)10-6/h5-6,13H,2-4H2,1H3,(H,9,12)(H,10,11). The van der Waals surface area contributed by atoms with E-state index in [4.69, 9.17) is 0 Å². The molecule has 0 bridgehead atoms. The Morgan fingerprint density at radius 2 is 2.54 bits per heavy atom. The fourth-order valence-corrected chi connectivity index (χ4v) is 1.29. The number of hydrogen-bond acceptors (Lipinski definition) is 3. The molecule has 74 valence electrons. The lowest BCUT2D eigenvalue weighted by Crippen LogP contribution is -2.40. The first-order valence-corrected chi connectivity index (χ1v) is 4.86. The second kappa shape index (κ2) is 4.50. The minimum atomic E-state index is -0.294. The maximum atomic E-state index is 11.1. The molecular weight excluding hydrogens is 188 g/mol. The minimum absolute atomic E-state index is 0.0678. The SMILES string of the molecule is CC(S)C(=O)NCC1CCC(=O)N1. The Morgan fingerprint density at radius 3 is 3.00 bits per heavy atom. The highest BCUT2D eigenvalue weighted by atomic mass is 32.1. The molecule has 1 saturated heterocycles. The molecule has 0 aromatic carbocycles. The largest absolute Gasteiger partial charge is 0.353 e. The highest BCUT2D eigenvalue weighted by Gasteiger charge is 2.21. The lowest BCUT2D eigenvalue weighted by molar-refractivity contribution is -0.121. The van der Waals surface area contributed by atoms with Gasteiger partial charge >= 0.3 is 0 Å². The molecule has 0 aliphatic carbocycles. The van der Waals surface area contributed by atoms with Crippen LogP contribution in [0.25, 0.3) is 0 Å². The number of carbonyl (C=O) groups is 2. The van der Waals surface area contributed by atoms with Gasteiger partial charge in [0.05, 0.1) is 5.25 Å². The van der Waals surface area contributed by atoms with Gasteiger partial charge in [-0.25, -0.2) is 0 Å². The van der Waals surface area contributed by atoms with Gasteiger partial charge in [0.15, 0.2) is 0 Å². The second-order valence-corrected chi connectivity index (χ2v) is 4.00.